The van der Waals surface area contributed by atoms with Gasteiger partial charge in [-0.15, -0.1) is 0 Å². The average molecular weight is 293 g/mol. The third kappa shape index (κ3) is 11.6. The Morgan fingerprint density at radius 1 is 0.600 bits per heavy atom. The molecule has 0 heterocycles. The van der Waals surface area contributed by atoms with E-state index in [1.54, 1.807) is 0 Å². The Kier molecular flexibility index (Phi) is 13.6. The van der Waals surface area contributed by atoms with Crippen molar-refractivity contribution in [3.63, 3.8) is 0 Å². The van der Waals surface area contributed by atoms with Gasteiger partial charge in [0.1, 0.15) is 0 Å². The summed E-state index contributed by atoms with van der Waals surface area (Å²) in [5, 5.41) is 26.1. The molecule has 0 aromatic carbocycles. The predicted octanol–water partition coefficient (Wildman–Crippen LogP) is 0.842. The zero-order valence-electron chi connectivity index (χ0n) is 12.3. The molecule has 0 unspecified atom stereocenters. The van der Waals surface area contributed by atoms with Gasteiger partial charge in [-0.3, -0.25) is 0 Å². The van der Waals surface area contributed by atoms with Crippen molar-refractivity contribution in [2.24, 2.45) is 0 Å². The standard InChI is InChI=1S/C14H29O6/c1-14(18-11-5-2-8-15,19-12-6-3-9-16)20-13-7-4-10-17/h15-17H,1-13H2. The van der Waals surface area contributed by atoms with Gasteiger partial charge >= 0.3 is 0 Å². The first kappa shape index (κ1) is 19.8. The second-order valence-electron chi connectivity index (χ2n) is 4.52. The number of aliphatic hydroxyl groups is 3. The number of hydrogen-bond acceptors (Lipinski definition) is 6. The summed E-state index contributed by atoms with van der Waals surface area (Å²) >= 11 is 0. The Labute approximate surface area is 121 Å². The highest BCUT2D eigenvalue weighted by Gasteiger charge is 2.26. The molecule has 20 heavy (non-hydrogen) atoms. The first-order valence-electron chi connectivity index (χ1n) is 7.28. The van der Waals surface area contributed by atoms with Crippen molar-refractivity contribution < 1.29 is 29.5 Å². The minimum Gasteiger partial charge on any atom is -0.396 e. The Hall–Kier alpha value is -0.240. The van der Waals surface area contributed by atoms with E-state index in [2.05, 4.69) is 6.92 Å². The lowest BCUT2D eigenvalue weighted by Gasteiger charge is -2.29. The summed E-state index contributed by atoms with van der Waals surface area (Å²) in [6.45, 7) is 5.37. The number of rotatable bonds is 15. The highest BCUT2D eigenvalue weighted by molar-refractivity contribution is 4.61. The van der Waals surface area contributed by atoms with Crippen LogP contribution in [0.15, 0.2) is 0 Å². The molecule has 0 bridgehead atoms. The lowest BCUT2D eigenvalue weighted by molar-refractivity contribution is -0.353. The van der Waals surface area contributed by atoms with Crippen molar-refractivity contribution in [1.29, 1.82) is 0 Å². The quantitative estimate of drug-likeness (QED) is 0.306. The maximum Gasteiger partial charge on any atom is 0.283 e. The Morgan fingerprint density at radius 2 is 0.900 bits per heavy atom. The number of ether oxygens (including phenoxy) is 3. The van der Waals surface area contributed by atoms with Gasteiger partial charge in [0.2, 0.25) is 0 Å². The van der Waals surface area contributed by atoms with Crippen molar-refractivity contribution in [3.05, 3.63) is 6.92 Å². The van der Waals surface area contributed by atoms with Gasteiger partial charge < -0.3 is 29.5 Å². The molecular weight excluding hydrogens is 264 g/mol. The molecule has 0 rings (SSSR count). The van der Waals surface area contributed by atoms with Crippen LogP contribution in [0.1, 0.15) is 38.5 Å². The highest BCUT2D eigenvalue weighted by atomic mass is 16.9. The van der Waals surface area contributed by atoms with Gasteiger partial charge in [0, 0.05) is 26.7 Å². The van der Waals surface area contributed by atoms with E-state index in [0.717, 1.165) is 0 Å². The van der Waals surface area contributed by atoms with E-state index in [1.165, 1.54) is 0 Å². The second kappa shape index (κ2) is 13.7. The Morgan fingerprint density at radius 3 is 1.15 bits per heavy atom. The van der Waals surface area contributed by atoms with E-state index in [0.29, 0.717) is 58.3 Å². The number of unbranched alkanes of at least 4 members (excludes halogenated alkanes) is 3. The fraction of sp³-hybridized carbons (Fsp3) is 0.929. The fourth-order valence-electron chi connectivity index (χ4n) is 1.45. The zero-order valence-corrected chi connectivity index (χ0v) is 12.3. The van der Waals surface area contributed by atoms with E-state index >= 15 is 0 Å². The molecule has 0 aliphatic carbocycles. The minimum atomic E-state index is -1.35. The minimum absolute atomic E-state index is 0.127. The lowest BCUT2D eigenvalue weighted by atomic mass is 10.3. The van der Waals surface area contributed by atoms with Crippen LogP contribution in [-0.2, 0) is 14.2 Å². The second-order valence-corrected chi connectivity index (χ2v) is 4.52. The van der Waals surface area contributed by atoms with Gasteiger partial charge in [-0.25, -0.2) is 0 Å². The summed E-state index contributed by atoms with van der Waals surface area (Å²) < 4.78 is 16.5. The Bertz CT molecular complexity index is 169. The SMILES string of the molecule is [CH2]C(OCCCCO)(OCCCCO)OCCCCO. The molecule has 6 nitrogen and oxygen atoms in total. The maximum absolute atomic E-state index is 8.72. The van der Waals surface area contributed by atoms with Crippen molar-refractivity contribution in [2.75, 3.05) is 39.6 Å². The van der Waals surface area contributed by atoms with Crippen LogP contribution >= 0.6 is 0 Å². The molecule has 0 spiro atoms. The van der Waals surface area contributed by atoms with Crippen molar-refractivity contribution in [1.82, 2.24) is 0 Å². The molecule has 0 saturated heterocycles. The first-order chi connectivity index (χ1) is 9.68. The van der Waals surface area contributed by atoms with Gasteiger partial charge in [0.15, 0.2) is 0 Å². The summed E-state index contributed by atoms with van der Waals surface area (Å²) in [6.07, 6.45) is 4.08. The lowest BCUT2D eigenvalue weighted by Crippen LogP contribution is -2.37. The van der Waals surface area contributed by atoms with Crippen LogP contribution in [0.5, 0.6) is 0 Å². The molecule has 3 N–H and O–H groups in total. The molecule has 0 fully saturated rings. The molecule has 0 amide bonds. The van der Waals surface area contributed by atoms with Crippen LogP contribution in [0.3, 0.4) is 0 Å². The third-order valence-electron chi connectivity index (χ3n) is 2.62. The van der Waals surface area contributed by atoms with Crippen molar-refractivity contribution in [3.8, 4) is 0 Å². The van der Waals surface area contributed by atoms with Gasteiger partial charge in [-0.1, -0.05) is 0 Å². The average Bonchev–Trinajstić information content (AvgIpc) is 2.45. The highest BCUT2D eigenvalue weighted by Crippen LogP contribution is 2.16. The van der Waals surface area contributed by atoms with E-state index in [9.17, 15) is 0 Å². The summed E-state index contributed by atoms with van der Waals surface area (Å²) in [4.78, 5) is 0. The first-order valence-corrected chi connectivity index (χ1v) is 7.28. The van der Waals surface area contributed by atoms with Gasteiger partial charge in [-0.2, -0.15) is 0 Å². The zero-order chi connectivity index (χ0) is 15.1. The smallest absolute Gasteiger partial charge is 0.283 e. The van der Waals surface area contributed by atoms with E-state index in [1.807, 2.05) is 0 Å². The van der Waals surface area contributed by atoms with E-state index in [-0.39, 0.29) is 19.8 Å². The molecule has 121 valence electrons. The maximum atomic E-state index is 8.72. The van der Waals surface area contributed by atoms with Gasteiger partial charge in [-0.05, 0) is 38.5 Å². The van der Waals surface area contributed by atoms with Gasteiger partial charge in [0.25, 0.3) is 5.97 Å². The van der Waals surface area contributed by atoms with Crippen LogP contribution < -0.4 is 0 Å². The predicted molar refractivity (Wildman–Crippen MR) is 74.9 cm³/mol. The molecule has 0 aliphatic heterocycles. The topological polar surface area (TPSA) is 88.4 Å². The van der Waals surface area contributed by atoms with Crippen molar-refractivity contribution >= 4 is 0 Å². The van der Waals surface area contributed by atoms with Crippen LogP contribution in [0.2, 0.25) is 0 Å². The fourth-order valence-corrected chi connectivity index (χ4v) is 1.45. The summed E-state index contributed by atoms with van der Waals surface area (Å²) in [6, 6.07) is 0. The molecule has 0 saturated carbocycles. The van der Waals surface area contributed by atoms with Gasteiger partial charge in [0.05, 0.1) is 19.8 Å². The Balaban J connectivity index is 3.98. The van der Waals surface area contributed by atoms with Crippen LogP contribution in [0.4, 0.5) is 0 Å². The summed E-state index contributed by atoms with van der Waals surface area (Å²) in [5.41, 5.74) is 0. The van der Waals surface area contributed by atoms with Crippen LogP contribution in [-0.4, -0.2) is 60.9 Å². The van der Waals surface area contributed by atoms with E-state index < -0.39 is 5.97 Å². The molecule has 0 atom stereocenters. The van der Waals surface area contributed by atoms with Crippen LogP contribution in [0.25, 0.3) is 0 Å². The molecule has 6 heteroatoms. The molecule has 0 aliphatic rings. The normalized spacial score (nSPS) is 12.0. The summed E-state index contributed by atoms with van der Waals surface area (Å²) in [7, 11) is 0. The molecule has 0 aromatic heterocycles. The molecular formula is C14H29O6. The molecule has 0 aromatic rings. The third-order valence-corrected chi connectivity index (χ3v) is 2.62. The van der Waals surface area contributed by atoms with E-state index in [4.69, 9.17) is 29.5 Å². The molecule has 1 radical (unpaired) electrons. The van der Waals surface area contributed by atoms with Crippen molar-refractivity contribution in [2.45, 2.75) is 44.5 Å². The number of hydrogen-bond donors (Lipinski definition) is 3. The largest absolute Gasteiger partial charge is 0.396 e. The van der Waals surface area contributed by atoms with Crippen LogP contribution in [0, 0.1) is 6.92 Å². The summed E-state index contributed by atoms with van der Waals surface area (Å²) in [5.74, 6) is -1.35. The monoisotopic (exact) mass is 293 g/mol. The number of aliphatic hydroxyl groups excluding tert-OH is 3.